The van der Waals surface area contributed by atoms with E-state index in [0.717, 1.165) is 12.1 Å². The molecule has 0 spiro atoms. The summed E-state index contributed by atoms with van der Waals surface area (Å²) < 4.78 is 46.1. The van der Waals surface area contributed by atoms with Crippen LogP contribution in [-0.4, -0.2) is 41.2 Å². The van der Waals surface area contributed by atoms with Crippen LogP contribution < -0.4 is 4.74 Å². The molecule has 0 bridgehead atoms. The Morgan fingerprint density at radius 1 is 1.29 bits per heavy atom. The molecule has 8 heteroatoms. The standard InChI is InChI=1S/C16H20F3NO4/c1-14(2,3)24-13(21)20-8-7-15(22,10-20)11-5-4-6-12(9-11)23-16(17,18)19/h4-6,9,22H,7-8,10H2,1-3H3. The summed E-state index contributed by atoms with van der Waals surface area (Å²) in [6.07, 6.45) is -5.18. The molecule has 1 amide bonds. The Morgan fingerprint density at radius 3 is 2.54 bits per heavy atom. The third-order valence-electron chi connectivity index (χ3n) is 3.50. The topological polar surface area (TPSA) is 59.0 Å². The third-order valence-corrected chi connectivity index (χ3v) is 3.50. The average molecular weight is 347 g/mol. The molecule has 1 aliphatic heterocycles. The second kappa shape index (κ2) is 6.16. The molecule has 2 rings (SSSR count). The number of aliphatic hydroxyl groups is 1. The summed E-state index contributed by atoms with van der Waals surface area (Å²) in [5.74, 6) is -0.413. The number of carbonyl (C=O) groups excluding carboxylic acids is 1. The lowest BCUT2D eigenvalue weighted by atomic mass is 9.93. The van der Waals surface area contributed by atoms with Gasteiger partial charge in [0.2, 0.25) is 0 Å². The SMILES string of the molecule is CC(C)(C)OC(=O)N1CCC(O)(c2cccc(OC(F)(F)F)c2)C1. The quantitative estimate of drug-likeness (QED) is 0.891. The normalized spacial score (nSPS) is 21.7. The number of carbonyl (C=O) groups is 1. The van der Waals surface area contributed by atoms with Crippen molar-refractivity contribution in [2.24, 2.45) is 0 Å². The smallest absolute Gasteiger partial charge is 0.444 e. The van der Waals surface area contributed by atoms with E-state index in [4.69, 9.17) is 4.74 Å². The van der Waals surface area contributed by atoms with Gasteiger partial charge in [-0.1, -0.05) is 12.1 Å². The van der Waals surface area contributed by atoms with Gasteiger partial charge in [-0.15, -0.1) is 13.2 Å². The van der Waals surface area contributed by atoms with Crippen molar-refractivity contribution in [1.82, 2.24) is 4.90 Å². The Kier molecular flexibility index (Phi) is 4.72. The number of rotatable bonds is 2. The van der Waals surface area contributed by atoms with Crippen LogP contribution in [0.15, 0.2) is 24.3 Å². The molecule has 0 aliphatic carbocycles. The van der Waals surface area contributed by atoms with Crippen molar-refractivity contribution in [1.29, 1.82) is 0 Å². The number of hydrogen-bond acceptors (Lipinski definition) is 4. The molecule has 1 N–H and O–H groups in total. The second-order valence-corrected chi connectivity index (χ2v) is 6.76. The van der Waals surface area contributed by atoms with Crippen LogP contribution in [-0.2, 0) is 10.3 Å². The van der Waals surface area contributed by atoms with Crippen molar-refractivity contribution >= 4 is 6.09 Å². The predicted octanol–water partition coefficient (Wildman–Crippen LogP) is 3.41. The summed E-state index contributed by atoms with van der Waals surface area (Å²) in [6, 6.07) is 5.15. The number of likely N-dealkylation sites (tertiary alicyclic amines) is 1. The maximum absolute atomic E-state index is 12.3. The van der Waals surface area contributed by atoms with E-state index in [1.807, 2.05) is 0 Å². The summed E-state index contributed by atoms with van der Waals surface area (Å²) in [5.41, 5.74) is -1.85. The molecule has 1 saturated heterocycles. The fraction of sp³-hybridized carbons (Fsp3) is 0.562. The van der Waals surface area contributed by atoms with E-state index in [1.165, 1.54) is 17.0 Å². The van der Waals surface area contributed by atoms with Crippen molar-refractivity contribution in [3.8, 4) is 5.75 Å². The van der Waals surface area contributed by atoms with Crippen LogP contribution in [0.4, 0.5) is 18.0 Å². The summed E-state index contributed by atoms with van der Waals surface area (Å²) in [4.78, 5) is 13.4. The second-order valence-electron chi connectivity index (χ2n) is 6.76. The summed E-state index contributed by atoms with van der Waals surface area (Å²) in [6.45, 7) is 5.37. The molecule has 1 fully saturated rings. The lowest BCUT2D eigenvalue weighted by Crippen LogP contribution is -2.38. The molecule has 134 valence electrons. The van der Waals surface area contributed by atoms with E-state index in [-0.39, 0.29) is 25.1 Å². The number of alkyl halides is 3. The van der Waals surface area contributed by atoms with Crippen LogP contribution in [0.5, 0.6) is 5.75 Å². The Morgan fingerprint density at radius 2 is 1.96 bits per heavy atom. The Hall–Kier alpha value is -1.96. The first-order chi connectivity index (χ1) is 10.9. The van der Waals surface area contributed by atoms with Crippen LogP contribution in [0.1, 0.15) is 32.8 Å². The first-order valence-electron chi connectivity index (χ1n) is 7.45. The molecular formula is C16H20F3NO4. The van der Waals surface area contributed by atoms with Crippen LogP contribution in [0, 0.1) is 0 Å². The minimum absolute atomic E-state index is 0.0582. The first kappa shape index (κ1) is 18.4. The van der Waals surface area contributed by atoms with Crippen molar-refractivity contribution in [2.75, 3.05) is 13.1 Å². The van der Waals surface area contributed by atoms with Gasteiger partial charge >= 0.3 is 12.5 Å². The van der Waals surface area contributed by atoms with Gasteiger partial charge in [-0.05, 0) is 44.9 Å². The van der Waals surface area contributed by atoms with Gasteiger partial charge in [0.25, 0.3) is 0 Å². The monoisotopic (exact) mass is 347 g/mol. The van der Waals surface area contributed by atoms with Crippen molar-refractivity contribution in [3.05, 3.63) is 29.8 Å². The maximum Gasteiger partial charge on any atom is 0.573 e. The molecule has 5 nitrogen and oxygen atoms in total. The van der Waals surface area contributed by atoms with Crippen molar-refractivity contribution in [2.45, 2.75) is 44.8 Å². The van der Waals surface area contributed by atoms with E-state index < -0.39 is 29.4 Å². The summed E-state index contributed by atoms with van der Waals surface area (Å²) in [5, 5.41) is 10.7. The van der Waals surface area contributed by atoms with E-state index in [0.29, 0.717) is 0 Å². The van der Waals surface area contributed by atoms with Gasteiger partial charge in [0.05, 0.1) is 6.54 Å². The minimum Gasteiger partial charge on any atom is -0.444 e. The molecule has 1 aromatic carbocycles. The molecule has 1 heterocycles. The average Bonchev–Trinajstić information content (AvgIpc) is 2.79. The highest BCUT2D eigenvalue weighted by Crippen LogP contribution is 2.35. The molecule has 1 unspecified atom stereocenters. The molecule has 0 saturated carbocycles. The third kappa shape index (κ3) is 4.77. The lowest BCUT2D eigenvalue weighted by molar-refractivity contribution is -0.274. The number of ether oxygens (including phenoxy) is 2. The van der Waals surface area contributed by atoms with Crippen molar-refractivity contribution < 1.29 is 32.5 Å². The van der Waals surface area contributed by atoms with Crippen LogP contribution in [0.2, 0.25) is 0 Å². The Balaban J connectivity index is 2.12. The summed E-state index contributed by atoms with van der Waals surface area (Å²) >= 11 is 0. The zero-order valence-corrected chi connectivity index (χ0v) is 13.7. The van der Waals surface area contributed by atoms with E-state index in [9.17, 15) is 23.1 Å². The molecular weight excluding hydrogens is 327 g/mol. The number of nitrogens with zero attached hydrogens (tertiary/aromatic N) is 1. The van der Waals surface area contributed by atoms with Crippen LogP contribution >= 0.6 is 0 Å². The highest BCUT2D eigenvalue weighted by atomic mass is 19.4. The molecule has 0 aromatic heterocycles. The fourth-order valence-electron chi connectivity index (χ4n) is 2.49. The van der Waals surface area contributed by atoms with Gasteiger partial charge in [0.1, 0.15) is 17.0 Å². The number of halogens is 3. The first-order valence-corrected chi connectivity index (χ1v) is 7.45. The van der Waals surface area contributed by atoms with Crippen LogP contribution in [0.3, 0.4) is 0 Å². The number of β-amino-alcohol motifs (C(OH)–C–C–N with tert-alkyl or cyclic N) is 1. The summed E-state index contributed by atoms with van der Waals surface area (Å²) in [7, 11) is 0. The highest BCUT2D eigenvalue weighted by Gasteiger charge is 2.41. The Labute approximate surface area is 138 Å². The predicted molar refractivity (Wildman–Crippen MR) is 79.4 cm³/mol. The number of hydrogen-bond donors (Lipinski definition) is 1. The van der Waals surface area contributed by atoms with Gasteiger partial charge in [0.15, 0.2) is 0 Å². The highest BCUT2D eigenvalue weighted by molar-refractivity contribution is 5.68. The lowest BCUT2D eigenvalue weighted by Gasteiger charge is -2.27. The Bertz CT molecular complexity index is 612. The van der Waals surface area contributed by atoms with Gasteiger partial charge in [-0.2, -0.15) is 0 Å². The number of benzene rings is 1. The van der Waals surface area contributed by atoms with E-state index in [2.05, 4.69) is 4.74 Å². The largest absolute Gasteiger partial charge is 0.573 e. The van der Waals surface area contributed by atoms with E-state index >= 15 is 0 Å². The number of amides is 1. The van der Waals surface area contributed by atoms with Gasteiger partial charge in [-0.3, -0.25) is 0 Å². The maximum atomic E-state index is 12.3. The van der Waals surface area contributed by atoms with Crippen molar-refractivity contribution in [3.63, 3.8) is 0 Å². The molecule has 1 aliphatic rings. The molecule has 1 aromatic rings. The minimum atomic E-state index is -4.81. The molecule has 0 radical (unpaired) electrons. The molecule has 1 atom stereocenters. The zero-order chi connectivity index (χ0) is 18.2. The zero-order valence-electron chi connectivity index (χ0n) is 13.7. The van der Waals surface area contributed by atoms with Gasteiger partial charge < -0.3 is 19.5 Å². The van der Waals surface area contributed by atoms with Gasteiger partial charge in [-0.25, -0.2) is 4.79 Å². The fourth-order valence-corrected chi connectivity index (χ4v) is 2.49. The molecule has 24 heavy (non-hydrogen) atoms. The van der Waals surface area contributed by atoms with Gasteiger partial charge in [0, 0.05) is 6.54 Å². The van der Waals surface area contributed by atoms with Crippen LogP contribution in [0.25, 0.3) is 0 Å². The van der Waals surface area contributed by atoms with E-state index in [1.54, 1.807) is 20.8 Å².